The van der Waals surface area contributed by atoms with Gasteiger partial charge in [-0.25, -0.2) is 18.4 Å². The van der Waals surface area contributed by atoms with E-state index in [0.29, 0.717) is 5.75 Å². The molecule has 2 amide bonds. The maximum atomic E-state index is 13.6. The Hall–Kier alpha value is -4.58. The van der Waals surface area contributed by atoms with Gasteiger partial charge in [0, 0.05) is 17.1 Å². The highest BCUT2D eigenvalue weighted by atomic mass is 32.1. The zero-order chi connectivity index (χ0) is 27.0. The largest absolute Gasteiger partial charge is 0.471 e. The van der Waals surface area contributed by atoms with Crippen LogP contribution in [-0.4, -0.2) is 26.6 Å². The zero-order valence-electron chi connectivity index (χ0n) is 20.2. The number of benzene rings is 1. The molecule has 0 bridgehead atoms. The average Bonchev–Trinajstić information content (AvgIpc) is 3.64. The molecular weight excluding hydrogens is 516 g/mol. The Kier molecular flexibility index (Phi) is 6.64. The summed E-state index contributed by atoms with van der Waals surface area (Å²) in [6, 6.07) is 11.7. The monoisotopic (exact) mass is 537 g/mol. The summed E-state index contributed by atoms with van der Waals surface area (Å²) in [7, 11) is 0. The molecule has 0 radical (unpaired) electrons. The minimum Gasteiger partial charge on any atom is -0.471 e. The Morgan fingerprint density at radius 1 is 1.21 bits per heavy atom. The van der Waals surface area contributed by atoms with E-state index in [1.807, 2.05) is 32.0 Å². The van der Waals surface area contributed by atoms with E-state index in [1.165, 1.54) is 23.1 Å². The number of aryl methyl sites for hydroxylation is 2. The molecule has 12 heteroatoms. The molecule has 0 aliphatic carbocycles. The van der Waals surface area contributed by atoms with Crippen molar-refractivity contribution in [3.63, 3.8) is 0 Å². The highest BCUT2D eigenvalue weighted by molar-refractivity contribution is 7.21. The minimum absolute atomic E-state index is 0.0426. The number of rotatable bonds is 8. The summed E-state index contributed by atoms with van der Waals surface area (Å²) in [5.41, 5.74) is 7.40. The summed E-state index contributed by atoms with van der Waals surface area (Å²) in [6.07, 6.45) is 0.0990. The van der Waals surface area contributed by atoms with E-state index in [1.54, 1.807) is 18.3 Å². The molecule has 5 aromatic rings. The first-order valence-electron chi connectivity index (χ1n) is 11.4. The molecule has 0 spiro atoms. The van der Waals surface area contributed by atoms with Gasteiger partial charge in [-0.2, -0.15) is 5.10 Å². The van der Waals surface area contributed by atoms with Gasteiger partial charge in [0.1, 0.15) is 26.9 Å². The third kappa shape index (κ3) is 4.85. The quantitative estimate of drug-likeness (QED) is 0.262. The molecule has 0 atom stereocenters. The first-order chi connectivity index (χ1) is 18.2. The number of nitrogens with one attached hydrogen (secondary N) is 1. The SMILES string of the molecule is Cc1ccc(C)c(OCn2ccc(C(=O)Nc3c(C(N)=O)sc4nc(C(F)F)cc(-c5ccco5)c34)n2)c1. The fourth-order valence-electron chi connectivity index (χ4n) is 3.88. The van der Waals surface area contributed by atoms with Crippen molar-refractivity contribution in [2.45, 2.75) is 27.0 Å². The number of thiophene rings is 1. The van der Waals surface area contributed by atoms with E-state index in [2.05, 4.69) is 15.4 Å². The van der Waals surface area contributed by atoms with Gasteiger partial charge in [-0.3, -0.25) is 9.59 Å². The molecule has 4 aromatic heterocycles. The number of carbonyl (C=O) groups is 2. The number of nitrogens with two attached hydrogens (primary N) is 1. The number of aromatic nitrogens is 3. The molecule has 0 saturated carbocycles. The lowest BCUT2D eigenvalue weighted by Gasteiger charge is -2.10. The van der Waals surface area contributed by atoms with Crippen molar-refractivity contribution in [1.29, 1.82) is 0 Å². The van der Waals surface area contributed by atoms with Crippen LogP contribution < -0.4 is 15.8 Å². The van der Waals surface area contributed by atoms with Crippen molar-refractivity contribution in [3.05, 3.63) is 82.3 Å². The van der Waals surface area contributed by atoms with E-state index in [0.717, 1.165) is 22.5 Å². The number of furan rings is 1. The summed E-state index contributed by atoms with van der Waals surface area (Å²) in [4.78, 5) is 29.4. The van der Waals surface area contributed by atoms with Crippen molar-refractivity contribution >= 4 is 39.1 Å². The number of amides is 2. The van der Waals surface area contributed by atoms with Crippen LogP contribution in [0.3, 0.4) is 0 Å². The molecule has 0 aliphatic heterocycles. The molecule has 9 nitrogen and oxygen atoms in total. The molecule has 3 N–H and O–H groups in total. The summed E-state index contributed by atoms with van der Waals surface area (Å²) in [5.74, 6) is -0.527. The lowest BCUT2D eigenvalue weighted by molar-refractivity contribution is 0.100. The Morgan fingerprint density at radius 2 is 2.03 bits per heavy atom. The topological polar surface area (TPSA) is 125 Å². The van der Waals surface area contributed by atoms with Crippen LogP contribution in [0.5, 0.6) is 5.75 Å². The second-order valence-electron chi connectivity index (χ2n) is 8.46. The van der Waals surface area contributed by atoms with E-state index in [9.17, 15) is 18.4 Å². The summed E-state index contributed by atoms with van der Waals surface area (Å²) >= 11 is 0.805. The van der Waals surface area contributed by atoms with Crippen LogP contribution in [0.1, 0.15) is 43.4 Å². The summed E-state index contributed by atoms with van der Waals surface area (Å²) in [6.45, 7) is 3.95. The van der Waals surface area contributed by atoms with Crippen molar-refractivity contribution in [2.24, 2.45) is 5.73 Å². The number of fused-ring (bicyclic) bond motifs is 1. The van der Waals surface area contributed by atoms with Gasteiger partial charge in [0.05, 0.1) is 12.0 Å². The van der Waals surface area contributed by atoms with Crippen molar-refractivity contribution in [3.8, 4) is 17.1 Å². The van der Waals surface area contributed by atoms with Gasteiger partial charge in [-0.05, 0) is 55.3 Å². The predicted molar refractivity (Wildman–Crippen MR) is 138 cm³/mol. The molecule has 38 heavy (non-hydrogen) atoms. The van der Waals surface area contributed by atoms with Gasteiger partial charge in [0.15, 0.2) is 12.4 Å². The van der Waals surface area contributed by atoms with Crippen LogP contribution >= 0.6 is 11.3 Å². The Bertz CT molecular complexity index is 1660. The number of pyridine rings is 1. The average molecular weight is 538 g/mol. The predicted octanol–water partition coefficient (Wildman–Crippen LogP) is 5.69. The molecule has 0 unspecified atom stereocenters. The molecule has 0 aliphatic rings. The lowest BCUT2D eigenvalue weighted by Crippen LogP contribution is -2.18. The standard InChI is InChI=1S/C26H21F2N5O4S/c1-13-5-6-14(2)19(10-13)37-12-33-8-7-16(32-33)25(35)31-21-20-15(18-4-3-9-36-18)11-17(23(27)28)30-26(20)38-22(21)24(29)34/h3-11,23H,12H2,1-2H3,(H2,29,34)(H,31,35). The number of carbonyl (C=O) groups excluding carboxylic acids is 2. The van der Waals surface area contributed by atoms with Crippen molar-refractivity contribution in [1.82, 2.24) is 14.8 Å². The van der Waals surface area contributed by atoms with Crippen molar-refractivity contribution in [2.75, 3.05) is 5.32 Å². The second kappa shape index (κ2) is 10.1. The van der Waals surface area contributed by atoms with Crippen LogP contribution in [-0.2, 0) is 6.73 Å². The van der Waals surface area contributed by atoms with Gasteiger partial charge in [-0.1, -0.05) is 12.1 Å². The van der Waals surface area contributed by atoms with E-state index in [-0.39, 0.29) is 44.5 Å². The molecule has 194 valence electrons. The third-order valence-corrected chi connectivity index (χ3v) is 6.82. The first kappa shape index (κ1) is 25.1. The number of hydrogen-bond acceptors (Lipinski definition) is 7. The van der Waals surface area contributed by atoms with Gasteiger partial charge < -0.3 is 20.2 Å². The van der Waals surface area contributed by atoms with Crippen LogP contribution in [0.25, 0.3) is 21.5 Å². The number of primary amides is 1. The molecule has 4 heterocycles. The minimum atomic E-state index is -2.86. The second-order valence-corrected chi connectivity index (χ2v) is 9.46. The number of nitrogens with zero attached hydrogens (tertiary/aromatic N) is 3. The van der Waals surface area contributed by atoms with Gasteiger partial charge in [0.2, 0.25) is 0 Å². The number of halogens is 2. The fraction of sp³-hybridized carbons (Fsp3) is 0.154. The van der Waals surface area contributed by atoms with Crippen LogP contribution in [0.4, 0.5) is 14.5 Å². The summed E-state index contributed by atoms with van der Waals surface area (Å²) < 4.78 is 39.8. The molecule has 0 fully saturated rings. The normalized spacial score (nSPS) is 11.3. The molecule has 0 saturated heterocycles. The number of alkyl halides is 2. The van der Waals surface area contributed by atoms with E-state index >= 15 is 0 Å². The smallest absolute Gasteiger partial charge is 0.280 e. The third-order valence-electron chi connectivity index (χ3n) is 5.72. The maximum Gasteiger partial charge on any atom is 0.280 e. The van der Waals surface area contributed by atoms with Gasteiger partial charge in [0.25, 0.3) is 18.2 Å². The maximum absolute atomic E-state index is 13.6. The first-order valence-corrected chi connectivity index (χ1v) is 12.2. The van der Waals surface area contributed by atoms with Crippen LogP contribution in [0.2, 0.25) is 0 Å². The molecule has 1 aromatic carbocycles. The summed E-state index contributed by atoms with van der Waals surface area (Å²) in [5, 5.41) is 7.18. The Balaban J connectivity index is 1.47. The number of hydrogen-bond donors (Lipinski definition) is 2. The van der Waals surface area contributed by atoms with Gasteiger partial charge >= 0.3 is 0 Å². The zero-order valence-corrected chi connectivity index (χ0v) is 21.0. The molecule has 5 rings (SSSR count). The van der Waals surface area contributed by atoms with Gasteiger partial charge in [-0.15, -0.1) is 11.3 Å². The van der Waals surface area contributed by atoms with E-state index < -0.39 is 23.9 Å². The number of ether oxygens (including phenoxy) is 1. The van der Waals surface area contributed by atoms with E-state index in [4.69, 9.17) is 14.9 Å². The number of anilines is 1. The Labute approximate surface area is 218 Å². The molecular formula is C26H21F2N5O4S. The van der Waals surface area contributed by atoms with Crippen LogP contribution in [0.15, 0.2) is 59.3 Å². The Morgan fingerprint density at radius 3 is 2.74 bits per heavy atom. The lowest BCUT2D eigenvalue weighted by atomic mass is 10.1. The fourth-order valence-corrected chi connectivity index (χ4v) is 4.89. The van der Waals surface area contributed by atoms with Crippen molar-refractivity contribution < 1.29 is 27.5 Å². The van der Waals surface area contributed by atoms with Crippen LogP contribution in [0, 0.1) is 13.8 Å². The highest BCUT2D eigenvalue weighted by Gasteiger charge is 2.26. The highest BCUT2D eigenvalue weighted by Crippen LogP contribution is 2.42.